The molecule has 9 nitrogen and oxygen atoms in total. The lowest BCUT2D eigenvalue weighted by molar-refractivity contribution is 0.660. The Morgan fingerprint density at radius 1 is 0.139 bits per heavy atom. The maximum Gasteiger partial charge on any atom is 0.0784 e. The van der Waals surface area contributed by atoms with E-state index in [0.29, 0.717) is 0 Å². The molecular weight excluding hydrogens is 1750 g/mol. The van der Waals surface area contributed by atoms with Gasteiger partial charge in [-0.15, -0.1) is 0 Å². The molecule has 3 aliphatic carbocycles. The van der Waals surface area contributed by atoms with Gasteiger partial charge in [0.05, 0.1) is 117 Å². The lowest BCUT2D eigenvalue weighted by atomic mass is 9.82. The fourth-order valence-corrected chi connectivity index (χ4v) is 26.7. The summed E-state index contributed by atoms with van der Waals surface area (Å²) in [4.78, 5) is 7.25. The van der Waals surface area contributed by atoms with Gasteiger partial charge in [0, 0.05) is 115 Å². The molecule has 144 heavy (non-hydrogen) atoms. The van der Waals surface area contributed by atoms with Crippen LogP contribution in [0.25, 0.3) is 198 Å². The number of benzene rings is 21. The summed E-state index contributed by atoms with van der Waals surface area (Å²) in [6, 6.07) is 168. The molecule has 0 saturated carbocycles. The van der Waals surface area contributed by atoms with Gasteiger partial charge in [-0.05, 0) is 243 Å². The van der Waals surface area contributed by atoms with E-state index in [4.69, 9.17) is 0 Å². The van der Waals surface area contributed by atoms with Gasteiger partial charge in [-0.3, -0.25) is 0 Å². The molecule has 0 atom stereocenters. The Morgan fingerprint density at radius 3 is 0.847 bits per heavy atom. The Morgan fingerprint density at radius 2 is 0.417 bits per heavy atom. The van der Waals surface area contributed by atoms with Gasteiger partial charge >= 0.3 is 0 Å². The van der Waals surface area contributed by atoms with Crippen LogP contribution >= 0.6 is 0 Å². The molecule has 0 unspecified atom stereocenters. The molecule has 9 heteroatoms. The second kappa shape index (κ2) is 29.5. The van der Waals surface area contributed by atoms with Crippen molar-refractivity contribution in [1.29, 1.82) is 0 Å². The van der Waals surface area contributed by atoms with Crippen LogP contribution in [-0.4, -0.2) is 27.4 Å². The maximum atomic E-state index is 2.53. The number of para-hydroxylation sites is 15. The summed E-state index contributed by atoms with van der Waals surface area (Å²) < 4.78 is 15.0. The lowest BCUT2D eigenvalue weighted by Crippen LogP contribution is -2.17. The normalized spacial score (nSPS) is 14.2. The third-order valence-corrected chi connectivity index (χ3v) is 33.0. The fourth-order valence-electron chi connectivity index (χ4n) is 26.7. The van der Waals surface area contributed by atoms with Crippen molar-refractivity contribution in [2.45, 2.75) is 57.8 Å². The topological polar surface area (TPSA) is 39.3 Å². The van der Waals surface area contributed by atoms with Crippen LogP contribution in [0, 0.1) is 0 Å². The van der Waals surface area contributed by atoms with Crippen molar-refractivity contribution < 1.29 is 0 Å². The molecule has 33 rings (SSSR count). The van der Waals surface area contributed by atoms with Crippen molar-refractivity contribution in [1.82, 2.24) is 27.4 Å². The molecule has 21 aromatic carbocycles. The van der Waals surface area contributed by atoms with E-state index < -0.39 is 0 Å². The van der Waals surface area contributed by atoms with Gasteiger partial charge in [0.25, 0.3) is 0 Å². The summed E-state index contributed by atoms with van der Waals surface area (Å²) in [6.45, 7) is 14.2. The molecule has 0 spiro atoms. The second-order valence-corrected chi connectivity index (χ2v) is 41.4. The van der Waals surface area contributed by atoms with E-state index in [9.17, 15) is 0 Å². The molecule has 6 aliphatic rings. The first-order chi connectivity index (χ1) is 70.8. The molecule has 3 aliphatic heterocycles. The Balaban J connectivity index is 0.0000000986. The average molecular weight is 1840 g/mol. The Labute approximate surface area is 831 Å². The zero-order chi connectivity index (χ0) is 95.2. The minimum atomic E-state index is -0.0791. The molecule has 0 saturated heterocycles. The molecule has 0 radical (unpaired) electrons. The number of fused-ring (bicyclic) bond motifs is 34. The van der Waals surface area contributed by atoms with Crippen molar-refractivity contribution in [3.63, 3.8) is 0 Å². The standard InChI is InChI=1S/3C45H31N3/c1-45(2)36-18-8-6-15-30(36)31-24-23-29(25-37(31)45)47-38-19-9-7-16-32(38)34-26-43-35(27-42(34)47)33-17-12-22-41-44(33)48(43)40-21-11-10-20-39(40)46(41)28-13-4-3-5-14-28;1-45(2)36-18-8-6-15-30(36)31-24-23-29(25-37(31)45)47-38-19-9-7-16-32(38)34-26-35-33-17-12-22-41-44(33)48(43(35)27-42(34)47)40-21-11-10-20-39(40)46(41)28-13-4-3-5-14-28;1-45(2)35-18-8-6-15-30(35)31-24-23-29(27-36(31)45)47-37-19-9-7-16-32(37)33-25-26-40-42(44(33)47)34-17-12-22-41-43(34)48(40)39-21-11-10-20-38(39)46(41)28-13-4-3-5-14-28/h3*3-27H,1-2H3. The largest absolute Gasteiger partial charge is 0.309 e. The fraction of sp³-hybridized carbons (Fsp3) is 0.0667. The molecule has 6 aromatic heterocycles. The first-order valence-corrected chi connectivity index (χ1v) is 50.4. The summed E-state index contributed by atoms with van der Waals surface area (Å²) in [5.74, 6) is 0. The van der Waals surface area contributed by atoms with Crippen LogP contribution in [-0.2, 0) is 16.2 Å². The zero-order valence-electron chi connectivity index (χ0n) is 80.3. The van der Waals surface area contributed by atoms with Crippen LogP contribution in [0.5, 0.6) is 0 Å². The van der Waals surface area contributed by atoms with Gasteiger partial charge in [0.15, 0.2) is 0 Å². The van der Waals surface area contributed by atoms with Crippen LogP contribution in [0.15, 0.2) is 455 Å². The predicted octanol–water partition coefficient (Wildman–Crippen LogP) is 35.9. The molecule has 0 N–H and O–H groups in total. The highest BCUT2D eigenvalue weighted by atomic mass is 15.2. The lowest BCUT2D eigenvalue weighted by Gasteiger charge is -2.33. The van der Waals surface area contributed by atoms with Crippen LogP contribution in [0.2, 0.25) is 0 Å². The Bertz CT molecular complexity index is 10200. The molecule has 0 amide bonds. The van der Waals surface area contributed by atoms with E-state index in [-0.39, 0.29) is 16.2 Å². The second-order valence-electron chi connectivity index (χ2n) is 41.4. The number of hydrogen-bond acceptors (Lipinski definition) is 3. The minimum Gasteiger partial charge on any atom is -0.309 e. The van der Waals surface area contributed by atoms with Crippen molar-refractivity contribution >= 4 is 182 Å². The number of nitrogens with zero attached hydrogens (tertiary/aromatic N) is 9. The summed E-state index contributed by atoms with van der Waals surface area (Å²) in [5.41, 5.74) is 48.9. The number of anilines is 9. The van der Waals surface area contributed by atoms with E-state index in [0.717, 1.165) is 5.69 Å². The molecule has 0 fully saturated rings. The predicted molar refractivity (Wildman–Crippen MR) is 603 cm³/mol. The minimum absolute atomic E-state index is 0.0644. The van der Waals surface area contributed by atoms with E-state index >= 15 is 0 Å². The number of rotatable bonds is 6. The first kappa shape index (κ1) is 80.7. The summed E-state index contributed by atoms with van der Waals surface area (Å²) in [5, 5.41) is 15.3. The van der Waals surface area contributed by atoms with Crippen molar-refractivity contribution in [2.75, 3.05) is 14.7 Å². The van der Waals surface area contributed by atoms with Gasteiger partial charge in [0.1, 0.15) is 0 Å². The van der Waals surface area contributed by atoms with Crippen LogP contribution in [0.3, 0.4) is 0 Å². The third-order valence-electron chi connectivity index (χ3n) is 33.0. The zero-order valence-corrected chi connectivity index (χ0v) is 80.3. The highest BCUT2D eigenvalue weighted by Gasteiger charge is 2.42. The van der Waals surface area contributed by atoms with Crippen LogP contribution in [0.4, 0.5) is 51.2 Å². The van der Waals surface area contributed by atoms with Crippen LogP contribution in [0.1, 0.15) is 74.9 Å². The molecule has 27 aromatic rings. The van der Waals surface area contributed by atoms with Crippen molar-refractivity contribution in [3.05, 3.63) is 488 Å². The van der Waals surface area contributed by atoms with E-state index in [1.807, 2.05) is 0 Å². The number of aromatic nitrogens is 6. The van der Waals surface area contributed by atoms with Gasteiger partial charge in [-0.25, -0.2) is 0 Å². The summed E-state index contributed by atoms with van der Waals surface area (Å²) in [6.07, 6.45) is 0. The SMILES string of the molecule is CC1(C)c2ccccc2-c2ccc(-n3c4ccccc4c4cc5c(cc43)c3cccc4c3n5-c3ccccc3N4c3ccccc3)cc21.CC1(C)c2ccccc2-c2ccc(-n3c4ccccc4c4cc5c6cccc7c6n(c5cc43)-c3ccccc3N7c3ccccc3)cc21.CC1(C)c2ccccc2-c2ccc(-n3c4ccccc4c4ccc5c(c6cccc7c6n5-c5ccccc5N7c5ccccc5)c43)cc21. The highest BCUT2D eigenvalue weighted by Crippen LogP contribution is 2.60. The quantitative estimate of drug-likeness (QED) is 0.167. The summed E-state index contributed by atoms with van der Waals surface area (Å²) >= 11 is 0. The highest BCUT2D eigenvalue weighted by molar-refractivity contribution is 6.30. The Kier molecular flexibility index (Phi) is 16.5. The number of hydrogen-bond donors (Lipinski definition) is 0. The maximum absolute atomic E-state index is 2.53. The molecular formula is C135H93N9. The van der Waals surface area contributed by atoms with Crippen molar-refractivity contribution in [3.8, 4) is 67.5 Å². The van der Waals surface area contributed by atoms with Crippen molar-refractivity contribution in [2.24, 2.45) is 0 Å². The molecule has 678 valence electrons. The van der Waals surface area contributed by atoms with Gasteiger partial charge in [-0.1, -0.05) is 321 Å². The summed E-state index contributed by atoms with van der Waals surface area (Å²) in [7, 11) is 0. The molecule has 9 heterocycles. The third kappa shape index (κ3) is 10.9. The van der Waals surface area contributed by atoms with E-state index in [1.54, 1.807) is 0 Å². The van der Waals surface area contributed by atoms with Crippen LogP contribution < -0.4 is 14.7 Å². The van der Waals surface area contributed by atoms with Gasteiger partial charge in [0.2, 0.25) is 0 Å². The monoisotopic (exact) mass is 1840 g/mol. The average Bonchev–Trinajstić information content (AvgIpc) is 1.56. The van der Waals surface area contributed by atoms with Gasteiger partial charge < -0.3 is 42.1 Å². The smallest absolute Gasteiger partial charge is 0.0784 e. The first-order valence-electron chi connectivity index (χ1n) is 50.4. The Hall–Kier alpha value is -18.2. The molecule has 0 bridgehead atoms. The van der Waals surface area contributed by atoms with E-state index in [2.05, 4.69) is 539 Å². The van der Waals surface area contributed by atoms with Gasteiger partial charge in [-0.2, -0.15) is 0 Å². The van der Waals surface area contributed by atoms with E-state index in [1.165, 1.54) is 277 Å².